The molecule has 0 radical (unpaired) electrons. The van der Waals surface area contributed by atoms with Gasteiger partial charge in [0.2, 0.25) is 0 Å². The fourth-order valence-corrected chi connectivity index (χ4v) is 3.81. The molecule has 0 atom stereocenters. The van der Waals surface area contributed by atoms with Gasteiger partial charge in [-0.15, -0.1) is 12.4 Å². The van der Waals surface area contributed by atoms with Gasteiger partial charge in [-0.3, -0.25) is 14.5 Å². The minimum atomic E-state index is -0.370. The quantitative estimate of drug-likeness (QED) is 0.325. The largest absolute Gasteiger partial charge is 0.466 e. The van der Waals surface area contributed by atoms with E-state index in [0.717, 1.165) is 17.0 Å². The minimum Gasteiger partial charge on any atom is -0.466 e. The van der Waals surface area contributed by atoms with Crippen LogP contribution in [0.25, 0.3) is 11.0 Å². The first-order chi connectivity index (χ1) is 17.5. The number of nitrogens with zero attached hydrogens (tertiary/aromatic N) is 5. The number of nitriles is 1. The number of rotatable bonds is 9. The fraction of sp³-hybridized carbons (Fsp3) is 0.222. The lowest BCUT2D eigenvalue weighted by Crippen LogP contribution is -2.34. The molecule has 2 aromatic heterocycles. The summed E-state index contributed by atoms with van der Waals surface area (Å²) in [6.07, 6.45) is 1.67. The summed E-state index contributed by atoms with van der Waals surface area (Å²) in [6.45, 7) is 2.65. The number of carbonyl (C=O) groups is 2. The first-order valence-electron chi connectivity index (χ1n) is 11.6. The van der Waals surface area contributed by atoms with E-state index < -0.39 is 0 Å². The number of hydrogen-bond donors (Lipinski definition) is 1. The SMILES string of the molecule is CCOC(=O)CCN(C(=O)c1ccc2c(c1)nc(CNc1ccc(C#N)cc1)n2C)c1ccccn1.Cl. The van der Waals surface area contributed by atoms with Crippen molar-refractivity contribution in [3.05, 3.63) is 83.8 Å². The third kappa shape index (κ3) is 6.42. The summed E-state index contributed by atoms with van der Waals surface area (Å²) >= 11 is 0. The number of benzene rings is 2. The molecule has 2 heterocycles. The Bertz CT molecular complexity index is 1410. The van der Waals surface area contributed by atoms with Crippen LogP contribution in [0.15, 0.2) is 66.9 Å². The predicted molar refractivity (Wildman–Crippen MR) is 144 cm³/mol. The van der Waals surface area contributed by atoms with Gasteiger partial charge in [0.05, 0.1) is 42.2 Å². The number of pyridine rings is 1. The molecule has 0 saturated heterocycles. The zero-order chi connectivity index (χ0) is 25.5. The lowest BCUT2D eigenvalue weighted by Gasteiger charge is -2.21. The fourth-order valence-electron chi connectivity index (χ4n) is 3.81. The topological polar surface area (TPSA) is 113 Å². The molecule has 0 aliphatic carbocycles. The van der Waals surface area contributed by atoms with Crippen molar-refractivity contribution in [3.8, 4) is 6.07 Å². The molecule has 4 aromatic rings. The van der Waals surface area contributed by atoms with E-state index >= 15 is 0 Å². The van der Waals surface area contributed by atoms with E-state index in [1.54, 1.807) is 55.6 Å². The van der Waals surface area contributed by atoms with Crippen LogP contribution in [0.3, 0.4) is 0 Å². The summed E-state index contributed by atoms with van der Waals surface area (Å²) in [5.41, 5.74) is 3.50. The van der Waals surface area contributed by atoms with E-state index in [9.17, 15) is 9.59 Å². The molecule has 37 heavy (non-hydrogen) atoms. The number of hydrogen-bond acceptors (Lipinski definition) is 7. The second kappa shape index (κ2) is 12.5. The van der Waals surface area contributed by atoms with Crippen LogP contribution in [-0.4, -0.2) is 39.6 Å². The zero-order valence-corrected chi connectivity index (χ0v) is 21.4. The number of fused-ring (bicyclic) bond motifs is 1. The Morgan fingerprint density at radius 3 is 2.59 bits per heavy atom. The van der Waals surface area contributed by atoms with Gasteiger partial charge in [0.15, 0.2) is 0 Å². The highest BCUT2D eigenvalue weighted by atomic mass is 35.5. The molecule has 4 rings (SSSR count). The molecule has 0 aliphatic rings. The molecule has 10 heteroatoms. The van der Waals surface area contributed by atoms with E-state index in [1.807, 2.05) is 29.8 Å². The number of ether oxygens (including phenoxy) is 1. The molecule has 0 bridgehead atoms. The molecule has 190 valence electrons. The molecule has 2 aromatic carbocycles. The molecule has 0 spiro atoms. The van der Waals surface area contributed by atoms with Crippen LogP contribution in [0.4, 0.5) is 11.5 Å². The van der Waals surface area contributed by atoms with E-state index in [1.165, 1.54) is 4.90 Å². The highest BCUT2D eigenvalue weighted by Gasteiger charge is 2.21. The number of anilines is 2. The Morgan fingerprint density at radius 1 is 1.14 bits per heavy atom. The summed E-state index contributed by atoms with van der Waals surface area (Å²) in [5.74, 6) is 0.608. The van der Waals surface area contributed by atoms with Crippen molar-refractivity contribution >= 4 is 46.8 Å². The van der Waals surface area contributed by atoms with Crippen LogP contribution in [0.5, 0.6) is 0 Å². The Balaban J connectivity index is 0.00000380. The monoisotopic (exact) mass is 518 g/mol. The van der Waals surface area contributed by atoms with E-state index in [-0.39, 0.29) is 43.9 Å². The summed E-state index contributed by atoms with van der Waals surface area (Å²) < 4.78 is 6.99. The molecule has 0 aliphatic heterocycles. The molecule has 0 fully saturated rings. The zero-order valence-electron chi connectivity index (χ0n) is 20.5. The molecule has 1 N–H and O–H groups in total. The summed E-state index contributed by atoms with van der Waals surface area (Å²) in [7, 11) is 1.92. The minimum absolute atomic E-state index is 0. The van der Waals surface area contributed by atoms with Gasteiger partial charge in [-0.2, -0.15) is 5.26 Å². The van der Waals surface area contributed by atoms with Gasteiger partial charge in [0.25, 0.3) is 5.91 Å². The van der Waals surface area contributed by atoms with Crippen molar-refractivity contribution in [2.24, 2.45) is 7.05 Å². The first kappa shape index (κ1) is 27.2. The number of carbonyl (C=O) groups excluding carboxylic acids is 2. The second-order valence-electron chi connectivity index (χ2n) is 8.03. The van der Waals surface area contributed by atoms with Gasteiger partial charge in [-0.25, -0.2) is 9.97 Å². The molecular weight excluding hydrogens is 492 g/mol. The molecule has 0 unspecified atom stereocenters. The van der Waals surface area contributed by atoms with Crippen molar-refractivity contribution in [2.45, 2.75) is 19.9 Å². The third-order valence-electron chi connectivity index (χ3n) is 5.70. The highest BCUT2D eigenvalue weighted by Crippen LogP contribution is 2.21. The van der Waals surface area contributed by atoms with Crippen molar-refractivity contribution in [2.75, 3.05) is 23.4 Å². The number of halogens is 1. The Labute approximate surface area is 221 Å². The molecule has 9 nitrogen and oxygen atoms in total. The number of aromatic nitrogens is 3. The third-order valence-corrected chi connectivity index (χ3v) is 5.70. The summed E-state index contributed by atoms with van der Waals surface area (Å²) in [5, 5.41) is 12.3. The van der Waals surface area contributed by atoms with E-state index in [2.05, 4.69) is 16.4 Å². The standard InChI is InChI=1S/C27H26N6O3.ClH/c1-3-36-26(34)13-15-33(24-6-4-5-14-29-24)27(35)20-9-12-23-22(16-20)31-25(32(23)2)18-30-21-10-7-19(17-28)8-11-21;/h4-12,14,16,30H,3,13,15,18H2,1-2H3;1H. The average Bonchev–Trinajstić information content (AvgIpc) is 3.23. The number of amides is 1. The van der Waals surface area contributed by atoms with Crippen LogP contribution in [-0.2, 0) is 23.1 Å². The van der Waals surface area contributed by atoms with E-state index in [0.29, 0.717) is 29.0 Å². The van der Waals surface area contributed by atoms with Gasteiger partial charge in [-0.1, -0.05) is 6.07 Å². The van der Waals surface area contributed by atoms with Gasteiger partial charge in [0.1, 0.15) is 11.6 Å². The van der Waals surface area contributed by atoms with Crippen molar-refractivity contribution in [3.63, 3.8) is 0 Å². The van der Waals surface area contributed by atoms with Crippen molar-refractivity contribution in [1.29, 1.82) is 5.26 Å². The lowest BCUT2D eigenvalue weighted by molar-refractivity contribution is -0.142. The maximum absolute atomic E-state index is 13.5. The number of aryl methyl sites for hydroxylation is 1. The van der Waals surface area contributed by atoms with Gasteiger partial charge in [-0.05, 0) is 61.5 Å². The maximum atomic E-state index is 13.5. The van der Waals surface area contributed by atoms with Crippen LogP contribution in [0.1, 0.15) is 35.1 Å². The van der Waals surface area contributed by atoms with Gasteiger partial charge in [0, 0.05) is 31.0 Å². The lowest BCUT2D eigenvalue weighted by atomic mass is 10.1. The van der Waals surface area contributed by atoms with Gasteiger partial charge < -0.3 is 14.6 Å². The van der Waals surface area contributed by atoms with Crippen LogP contribution in [0, 0.1) is 11.3 Å². The Hall–Kier alpha value is -4.42. The second-order valence-corrected chi connectivity index (χ2v) is 8.03. The molecular formula is C27H27ClN6O3. The Kier molecular flexibility index (Phi) is 9.19. The van der Waals surface area contributed by atoms with Crippen LogP contribution < -0.4 is 10.2 Å². The van der Waals surface area contributed by atoms with Crippen LogP contribution in [0.2, 0.25) is 0 Å². The molecule has 0 saturated carbocycles. The molecule has 1 amide bonds. The summed E-state index contributed by atoms with van der Waals surface area (Å²) in [6, 6.07) is 20.0. The van der Waals surface area contributed by atoms with Gasteiger partial charge >= 0.3 is 5.97 Å². The number of esters is 1. The van der Waals surface area contributed by atoms with E-state index in [4.69, 9.17) is 15.0 Å². The smallest absolute Gasteiger partial charge is 0.307 e. The van der Waals surface area contributed by atoms with Crippen molar-refractivity contribution in [1.82, 2.24) is 14.5 Å². The first-order valence-corrected chi connectivity index (χ1v) is 11.6. The highest BCUT2D eigenvalue weighted by molar-refractivity contribution is 6.07. The normalized spacial score (nSPS) is 10.3. The predicted octanol–water partition coefficient (Wildman–Crippen LogP) is 4.47. The number of nitrogens with one attached hydrogen (secondary N) is 1. The Morgan fingerprint density at radius 2 is 1.92 bits per heavy atom. The average molecular weight is 519 g/mol. The maximum Gasteiger partial charge on any atom is 0.307 e. The summed E-state index contributed by atoms with van der Waals surface area (Å²) in [4.78, 5) is 35.9. The van der Waals surface area contributed by atoms with Crippen molar-refractivity contribution < 1.29 is 14.3 Å². The number of imidazole rings is 1. The van der Waals surface area contributed by atoms with Crippen LogP contribution >= 0.6 is 12.4 Å².